The minimum Gasteiger partial charge on any atom is -0.383 e. The van der Waals surface area contributed by atoms with Gasteiger partial charge in [-0.1, -0.05) is 0 Å². The first-order valence-corrected chi connectivity index (χ1v) is 8.52. The molecule has 0 saturated heterocycles. The van der Waals surface area contributed by atoms with E-state index in [2.05, 4.69) is 21.0 Å². The highest BCUT2D eigenvalue weighted by Crippen LogP contribution is 2.36. The maximum Gasteiger partial charge on any atom is 0.234 e. The molecule has 4 heterocycles. The van der Waals surface area contributed by atoms with E-state index in [4.69, 9.17) is 5.73 Å². The fourth-order valence-electron chi connectivity index (χ4n) is 3.42. The zero-order chi connectivity index (χ0) is 19.0. The number of pyridine rings is 1. The molecular formula is C19H17N7O. The number of rotatable bonds is 2. The Morgan fingerprint density at radius 1 is 1.30 bits per heavy atom. The molecule has 8 heteroatoms. The highest BCUT2D eigenvalue weighted by atomic mass is 16.2. The molecule has 3 aromatic heterocycles. The highest BCUT2D eigenvalue weighted by Gasteiger charge is 2.27. The Kier molecular flexibility index (Phi) is 4.05. The van der Waals surface area contributed by atoms with E-state index in [0.717, 1.165) is 17.0 Å². The number of nitrogens with zero attached hydrogens (tertiary/aromatic N) is 6. The molecule has 0 saturated carbocycles. The van der Waals surface area contributed by atoms with Crippen molar-refractivity contribution in [1.82, 2.24) is 24.4 Å². The van der Waals surface area contributed by atoms with Gasteiger partial charge >= 0.3 is 0 Å². The zero-order valence-corrected chi connectivity index (χ0v) is 14.8. The fraction of sp³-hybridized carbons (Fsp3) is 0.211. The van der Waals surface area contributed by atoms with E-state index in [9.17, 15) is 10.1 Å². The largest absolute Gasteiger partial charge is 0.383 e. The Balaban J connectivity index is 1.97. The van der Waals surface area contributed by atoms with Crippen molar-refractivity contribution in [2.24, 2.45) is 0 Å². The summed E-state index contributed by atoms with van der Waals surface area (Å²) in [4.78, 5) is 26.7. The molecule has 3 aromatic rings. The van der Waals surface area contributed by atoms with Crippen molar-refractivity contribution in [2.75, 3.05) is 12.3 Å². The number of nitrogen functional groups attached to an aromatic ring is 1. The molecule has 0 radical (unpaired) electrons. The van der Waals surface area contributed by atoms with E-state index in [1.807, 2.05) is 22.9 Å². The van der Waals surface area contributed by atoms with Crippen molar-refractivity contribution in [3.05, 3.63) is 53.6 Å². The van der Waals surface area contributed by atoms with Gasteiger partial charge in [0.15, 0.2) is 0 Å². The second kappa shape index (κ2) is 6.53. The first-order chi connectivity index (χ1) is 13.1. The number of nitrogens with two attached hydrogens (primary N) is 1. The Bertz CT molecular complexity index is 1070. The van der Waals surface area contributed by atoms with Gasteiger partial charge in [-0.2, -0.15) is 5.26 Å². The molecule has 1 amide bonds. The van der Waals surface area contributed by atoms with E-state index in [-0.39, 0.29) is 11.7 Å². The molecule has 0 aliphatic carbocycles. The van der Waals surface area contributed by atoms with Crippen molar-refractivity contribution in [1.29, 1.82) is 5.26 Å². The molecule has 4 rings (SSSR count). The van der Waals surface area contributed by atoms with Crippen molar-refractivity contribution in [2.45, 2.75) is 19.9 Å². The van der Waals surface area contributed by atoms with E-state index >= 15 is 0 Å². The van der Waals surface area contributed by atoms with Crippen molar-refractivity contribution in [3.63, 3.8) is 0 Å². The summed E-state index contributed by atoms with van der Waals surface area (Å²) in [5.41, 5.74) is 9.48. The summed E-state index contributed by atoms with van der Waals surface area (Å²) in [7, 11) is 0. The summed E-state index contributed by atoms with van der Waals surface area (Å²) in [6.45, 7) is 2.52. The molecule has 27 heavy (non-hydrogen) atoms. The van der Waals surface area contributed by atoms with Crippen LogP contribution in [0.25, 0.3) is 17.2 Å². The number of carbonyl (C=O) groups excluding carboxylic acids is 1. The minimum absolute atomic E-state index is 0.0105. The molecule has 0 fully saturated rings. The van der Waals surface area contributed by atoms with E-state index < -0.39 is 0 Å². The van der Waals surface area contributed by atoms with Crippen molar-refractivity contribution < 1.29 is 4.79 Å². The molecule has 1 aliphatic rings. The zero-order valence-electron chi connectivity index (χ0n) is 14.8. The van der Waals surface area contributed by atoms with Gasteiger partial charge in [0.1, 0.15) is 17.5 Å². The van der Waals surface area contributed by atoms with Crippen LogP contribution in [0.15, 0.2) is 36.8 Å². The summed E-state index contributed by atoms with van der Waals surface area (Å²) in [6, 6.07) is 7.67. The minimum atomic E-state index is -0.0105. The number of aromatic nitrogens is 4. The summed E-state index contributed by atoms with van der Waals surface area (Å²) in [5, 5.41) is 9.75. The molecule has 0 bridgehead atoms. The van der Waals surface area contributed by atoms with Crippen LogP contribution in [0.1, 0.15) is 23.7 Å². The van der Waals surface area contributed by atoms with E-state index in [1.165, 1.54) is 0 Å². The highest BCUT2D eigenvalue weighted by molar-refractivity contribution is 5.80. The van der Waals surface area contributed by atoms with Gasteiger partial charge in [0.05, 0.1) is 11.4 Å². The topological polar surface area (TPSA) is 114 Å². The van der Waals surface area contributed by atoms with Crippen LogP contribution in [0.5, 0.6) is 0 Å². The third kappa shape index (κ3) is 2.79. The lowest BCUT2D eigenvalue weighted by atomic mass is 9.93. The summed E-state index contributed by atoms with van der Waals surface area (Å²) < 4.78 is 1.81. The van der Waals surface area contributed by atoms with Crippen molar-refractivity contribution in [3.8, 4) is 23.3 Å². The van der Waals surface area contributed by atoms with E-state index in [1.54, 1.807) is 30.3 Å². The van der Waals surface area contributed by atoms with Gasteiger partial charge in [0.25, 0.3) is 0 Å². The third-order valence-electron chi connectivity index (χ3n) is 4.71. The van der Waals surface area contributed by atoms with Crippen LogP contribution in [-0.4, -0.2) is 36.9 Å². The molecule has 0 atom stereocenters. The Hall–Kier alpha value is -3.73. The number of nitriles is 1. The maximum absolute atomic E-state index is 11.9. The summed E-state index contributed by atoms with van der Waals surface area (Å²) >= 11 is 0. The van der Waals surface area contributed by atoms with E-state index in [0.29, 0.717) is 36.6 Å². The van der Waals surface area contributed by atoms with Gasteiger partial charge in [0.2, 0.25) is 11.9 Å². The van der Waals surface area contributed by atoms with Crippen LogP contribution in [0.2, 0.25) is 0 Å². The number of carbonyl (C=O) groups is 1. The van der Waals surface area contributed by atoms with Gasteiger partial charge in [-0.3, -0.25) is 9.36 Å². The average molecular weight is 359 g/mol. The smallest absolute Gasteiger partial charge is 0.234 e. The van der Waals surface area contributed by atoms with Crippen LogP contribution >= 0.6 is 0 Å². The number of hydrogen-bond acceptors (Lipinski definition) is 6. The van der Waals surface area contributed by atoms with Gasteiger partial charge in [-0.15, -0.1) is 0 Å². The first-order valence-electron chi connectivity index (χ1n) is 8.52. The Morgan fingerprint density at radius 3 is 2.78 bits per heavy atom. The van der Waals surface area contributed by atoms with Crippen LogP contribution in [-0.2, 0) is 17.8 Å². The summed E-state index contributed by atoms with van der Waals surface area (Å²) in [5.74, 6) is 0.678. The lowest BCUT2D eigenvalue weighted by Crippen LogP contribution is -2.35. The SMILES string of the molecule is CC(=O)N1CCc2nc(N)c(C#N)c(-c3cccn3-c3ncccn3)c2C1. The number of amides is 1. The fourth-order valence-corrected chi connectivity index (χ4v) is 3.42. The predicted octanol–water partition coefficient (Wildman–Crippen LogP) is 1.69. The van der Waals surface area contributed by atoms with Crippen molar-refractivity contribution >= 4 is 11.7 Å². The monoisotopic (exact) mass is 359 g/mol. The molecular weight excluding hydrogens is 342 g/mol. The second-order valence-corrected chi connectivity index (χ2v) is 6.29. The number of anilines is 1. The lowest BCUT2D eigenvalue weighted by molar-refractivity contribution is -0.129. The quantitative estimate of drug-likeness (QED) is 0.745. The molecule has 0 spiro atoms. The molecule has 1 aliphatic heterocycles. The second-order valence-electron chi connectivity index (χ2n) is 6.29. The molecule has 0 aromatic carbocycles. The Morgan fingerprint density at radius 2 is 2.07 bits per heavy atom. The predicted molar refractivity (Wildman–Crippen MR) is 98.5 cm³/mol. The maximum atomic E-state index is 11.9. The number of fused-ring (bicyclic) bond motifs is 1. The normalized spacial score (nSPS) is 13.1. The van der Waals surface area contributed by atoms with Gasteiger partial charge in [-0.05, 0) is 18.2 Å². The number of hydrogen-bond donors (Lipinski definition) is 1. The van der Waals surface area contributed by atoms with Gasteiger partial charge < -0.3 is 10.6 Å². The van der Waals surface area contributed by atoms with Gasteiger partial charge in [0, 0.05) is 56.2 Å². The molecule has 134 valence electrons. The molecule has 0 unspecified atom stereocenters. The average Bonchev–Trinajstić information content (AvgIpc) is 3.16. The Labute approximate surface area is 155 Å². The van der Waals surface area contributed by atoms with Crippen LogP contribution in [0.4, 0.5) is 5.82 Å². The third-order valence-corrected chi connectivity index (χ3v) is 4.71. The van der Waals surface area contributed by atoms with Crippen LogP contribution in [0, 0.1) is 11.3 Å². The van der Waals surface area contributed by atoms with Crippen LogP contribution < -0.4 is 5.73 Å². The van der Waals surface area contributed by atoms with Crippen LogP contribution in [0.3, 0.4) is 0 Å². The summed E-state index contributed by atoms with van der Waals surface area (Å²) in [6.07, 6.45) is 5.75. The molecule has 2 N–H and O–H groups in total. The standard InChI is InChI=1S/C19H17N7O/c1-12(27)25-9-5-15-14(11-25)17(13(10-20)18(21)24-15)16-4-2-8-26(16)19-22-6-3-7-23-19/h2-4,6-8H,5,9,11H2,1H3,(H2,21,24). The lowest BCUT2D eigenvalue weighted by Gasteiger charge is -2.29. The van der Waals surface area contributed by atoms with Gasteiger partial charge in [-0.25, -0.2) is 15.0 Å². The first kappa shape index (κ1) is 16.7. The molecule has 8 nitrogen and oxygen atoms in total.